The number of carbonyl (C=O) groups excluding carboxylic acids is 1. The van der Waals surface area contributed by atoms with E-state index in [0.717, 1.165) is 0 Å². The molecule has 1 aromatic carbocycles. The maximum atomic E-state index is 12.1. The molecule has 5 nitrogen and oxygen atoms in total. The summed E-state index contributed by atoms with van der Waals surface area (Å²) in [6.07, 6.45) is 1.46. The lowest BCUT2D eigenvalue weighted by Gasteiger charge is -2.09. The van der Waals surface area contributed by atoms with Crippen molar-refractivity contribution in [3.63, 3.8) is 0 Å². The molecule has 2 rings (SSSR count). The second-order valence-electron chi connectivity index (χ2n) is 3.89. The van der Waals surface area contributed by atoms with E-state index in [-0.39, 0.29) is 18.3 Å². The van der Waals surface area contributed by atoms with Gasteiger partial charge in [0, 0.05) is 11.8 Å². The molecule has 1 amide bonds. The summed E-state index contributed by atoms with van der Waals surface area (Å²) in [4.78, 5) is 16.1. The largest absolute Gasteiger partial charge is 0.493 e. The second-order valence-corrected chi connectivity index (χ2v) is 4.32. The zero-order chi connectivity index (χ0) is 14.5. The van der Waals surface area contributed by atoms with Crippen LogP contribution in [0, 0.1) is 0 Å². The number of carbonyl (C=O) groups is 1. The monoisotopic (exact) mass is 328 g/mol. The quantitative estimate of drug-likeness (QED) is 0.934. The summed E-state index contributed by atoms with van der Waals surface area (Å²) in [5, 5.41) is 3.18. The first-order valence-corrected chi connectivity index (χ1v) is 6.17. The minimum absolute atomic E-state index is 0. The van der Waals surface area contributed by atoms with Gasteiger partial charge in [-0.3, -0.25) is 4.79 Å². The van der Waals surface area contributed by atoms with E-state index in [2.05, 4.69) is 10.3 Å². The highest BCUT2D eigenvalue weighted by Gasteiger charge is 2.11. The second kappa shape index (κ2) is 7.71. The van der Waals surface area contributed by atoms with Gasteiger partial charge in [-0.25, -0.2) is 4.98 Å². The predicted molar refractivity (Wildman–Crippen MR) is 84.0 cm³/mol. The fourth-order valence-corrected chi connectivity index (χ4v) is 1.73. The number of hydrogen-bond acceptors (Lipinski definition) is 4. The third-order valence-electron chi connectivity index (χ3n) is 2.61. The maximum absolute atomic E-state index is 12.1. The number of methoxy groups -OCH3 is 2. The number of aromatic nitrogens is 1. The van der Waals surface area contributed by atoms with Gasteiger partial charge < -0.3 is 14.8 Å². The van der Waals surface area contributed by atoms with E-state index in [1.807, 2.05) is 0 Å². The third kappa shape index (κ3) is 4.24. The molecule has 0 spiro atoms. The average Bonchev–Trinajstić information content (AvgIpc) is 2.48. The Hall–Kier alpha value is -1.98. The highest BCUT2D eigenvalue weighted by atomic mass is 35.5. The van der Waals surface area contributed by atoms with Crippen LogP contribution < -0.4 is 14.8 Å². The van der Waals surface area contributed by atoms with Crippen LogP contribution in [0.15, 0.2) is 36.5 Å². The fraction of sp³-hybridized carbons (Fsp3) is 0.143. The molecule has 0 saturated carbocycles. The molecule has 1 heterocycles. The topological polar surface area (TPSA) is 60.5 Å². The van der Waals surface area contributed by atoms with Gasteiger partial charge in [0.25, 0.3) is 5.91 Å². The van der Waals surface area contributed by atoms with Crippen molar-refractivity contribution < 1.29 is 14.3 Å². The smallest absolute Gasteiger partial charge is 0.256 e. The molecule has 0 bridgehead atoms. The molecule has 0 saturated heterocycles. The zero-order valence-electron chi connectivity index (χ0n) is 11.4. The molecule has 0 aliphatic rings. The Morgan fingerprint density at radius 2 is 1.86 bits per heavy atom. The number of benzene rings is 1. The van der Waals surface area contributed by atoms with Crippen LogP contribution in [-0.2, 0) is 0 Å². The Kier molecular flexibility index (Phi) is 6.27. The maximum Gasteiger partial charge on any atom is 0.256 e. The summed E-state index contributed by atoms with van der Waals surface area (Å²) in [5.41, 5.74) is 0.444. The average molecular weight is 329 g/mol. The van der Waals surface area contributed by atoms with Crippen molar-refractivity contribution in [3.8, 4) is 11.5 Å². The van der Waals surface area contributed by atoms with E-state index in [0.29, 0.717) is 27.9 Å². The van der Waals surface area contributed by atoms with Crippen LogP contribution in [0.5, 0.6) is 11.5 Å². The number of rotatable bonds is 4. The Morgan fingerprint density at radius 1 is 1.14 bits per heavy atom. The van der Waals surface area contributed by atoms with Crippen molar-refractivity contribution in [2.24, 2.45) is 0 Å². The number of nitrogens with one attached hydrogen (secondary N) is 1. The number of anilines is 1. The van der Waals surface area contributed by atoms with Crippen LogP contribution in [0.25, 0.3) is 0 Å². The van der Waals surface area contributed by atoms with Gasteiger partial charge in [-0.15, -0.1) is 12.4 Å². The summed E-state index contributed by atoms with van der Waals surface area (Å²) in [7, 11) is 3.05. The van der Waals surface area contributed by atoms with Crippen LogP contribution in [0.3, 0.4) is 0 Å². The highest BCUT2D eigenvalue weighted by molar-refractivity contribution is 6.30. The molecule has 0 fully saturated rings. The number of nitrogens with zero attached hydrogens (tertiary/aromatic N) is 1. The van der Waals surface area contributed by atoms with Gasteiger partial charge in [-0.05, 0) is 30.3 Å². The number of amides is 1. The summed E-state index contributed by atoms with van der Waals surface area (Å²) in [5.74, 6) is 1.19. The molecule has 0 aliphatic heterocycles. The van der Waals surface area contributed by atoms with Crippen LogP contribution in [0.1, 0.15) is 10.4 Å². The van der Waals surface area contributed by atoms with Crippen LogP contribution >= 0.6 is 24.0 Å². The van der Waals surface area contributed by atoms with Gasteiger partial charge in [0.15, 0.2) is 11.5 Å². The van der Waals surface area contributed by atoms with Crippen molar-refractivity contribution in [3.05, 3.63) is 47.1 Å². The van der Waals surface area contributed by atoms with Crippen molar-refractivity contribution in [1.82, 2.24) is 4.98 Å². The van der Waals surface area contributed by atoms with Crippen molar-refractivity contribution in [1.29, 1.82) is 0 Å². The molecular weight excluding hydrogens is 315 g/mol. The molecule has 0 radical (unpaired) electrons. The van der Waals surface area contributed by atoms with Gasteiger partial charge in [0.2, 0.25) is 0 Å². The van der Waals surface area contributed by atoms with Gasteiger partial charge in [0.05, 0.1) is 19.2 Å². The minimum Gasteiger partial charge on any atom is -0.493 e. The lowest BCUT2D eigenvalue weighted by molar-refractivity contribution is 0.102. The molecule has 2 aromatic rings. The van der Waals surface area contributed by atoms with Crippen molar-refractivity contribution >= 4 is 35.7 Å². The molecule has 0 atom stereocenters. The number of halogens is 2. The Labute approximate surface area is 133 Å². The van der Waals surface area contributed by atoms with E-state index in [9.17, 15) is 4.79 Å². The van der Waals surface area contributed by atoms with Crippen molar-refractivity contribution in [2.45, 2.75) is 0 Å². The molecule has 112 valence electrons. The molecule has 7 heteroatoms. The summed E-state index contributed by atoms with van der Waals surface area (Å²) in [6.45, 7) is 0. The Bertz CT molecular complexity index is 618. The lowest BCUT2D eigenvalue weighted by Crippen LogP contribution is -2.13. The normalized spacial score (nSPS) is 9.48. The van der Waals surface area contributed by atoms with Gasteiger partial charge in [-0.1, -0.05) is 11.6 Å². The Morgan fingerprint density at radius 3 is 2.43 bits per heavy atom. The number of hydrogen-bond donors (Lipinski definition) is 1. The van der Waals surface area contributed by atoms with E-state index in [1.165, 1.54) is 20.4 Å². The number of pyridine rings is 1. The lowest BCUT2D eigenvalue weighted by atomic mass is 10.2. The molecule has 21 heavy (non-hydrogen) atoms. The van der Waals surface area contributed by atoms with E-state index in [1.54, 1.807) is 30.3 Å². The minimum atomic E-state index is -0.291. The van der Waals surface area contributed by atoms with Crippen LogP contribution in [0.4, 0.5) is 5.82 Å². The van der Waals surface area contributed by atoms with Crippen molar-refractivity contribution in [2.75, 3.05) is 19.5 Å². The molecular formula is C14H14Cl2N2O3. The van der Waals surface area contributed by atoms with Gasteiger partial charge >= 0.3 is 0 Å². The molecule has 1 N–H and O–H groups in total. The molecule has 0 unspecified atom stereocenters. The predicted octanol–water partition coefficient (Wildman–Crippen LogP) is 3.43. The van der Waals surface area contributed by atoms with E-state index in [4.69, 9.17) is 21.1 Å². The molecule has 1 aromatic heterocycles. The summed E-state index contributed by atoms with van der Waals surface area (Å²) >= 11 is 5.73. The highest BCUT2D eigenvalue weighted by Crippen LogP contribution is 2.27. The van der Waals surface area contributed by atoms with Crippen LogP contribution in [0.2, 0.25) is 5.02 Å². The first-order chi connectivity index (χ1) is 9.63. The summed E-state index contributed by atoms with van der Waals surface area (Å²) in [6, 6.07) is 8.19. The SMILES string of the molecule is COc1ccc(C(=O)Nc2ccc(Cl)cn2)cc1OC.Cl. The van der Waals surface area contributed by atoms with Crippen LogP contribution in [-0.4, -0.2) is 25.1 Å². The standard InChI is InChI=1S/C14H13ClN2O3.ClH/c1-19-11-5-3-9(7-12(11)20-2)14(18)17-13-6-4-10(15)8-16-13;/h3-8H,1-2H3,(H,16,17,18);1H. The third-order valence-corrected chi connectivity index (χ3v) is 2.84. The van der Waals surface area contributed by atoms with Gasteiger partial charge in [0.1, 0.15) is 5.82 Å². The molecule has 0 aliphatic carbocycles. The summed E-state index contributed by atoms with van der Waals surface area (Å²) < 4.78 is 10.3. The van der Waals surface area contributed by atoms with E-state index < -0.39 is 0 Å². The Balaban J connectivity index is 0.00000220. The number of ether oxygens (including phenoxy) is 2. The first kappa shape index (κ1) is 17.1. The fourth-order valence-electron chi connectivity index (χ4n) is 1.62. The first-order valence-electron chi connectivity index (χ1n) is 5.79. The zero-order valence-corrected chi connectivity index (χ0v) is 13.0. The van der Waals surface area contributed by atoms with E-state index >= 15 is 0 Å². The van der Waals surface area contributed by atoms with Gasteiger partial charge in [-0.2, -0.15) is 0 Å².